The molecule has 0 aliphatic carbocycles. The van der Waals surface area contributed by atoms with Crippen LogP contribution in [0, 0.1) is 0 Å². The molecule has 0 saturated carbocycles. The Balaban J connectivity index is 2.82. The van der Waals surface area contributed by atoms with Gasteiger partial charge in [-0.15, -0.1) is 0 Å². The SMILES string of the molecule is CCC(=O)c1ccc(OC(F)(F)C(=O)O)cc1. The van der Waals surface area contributed by atoms with Crippen LogP contribution in [0.3, 0.4) is 0 Å². The van der Waals surface area contributed by atoms with Crippen LogP contribution >= 0.6 is 0 Å². The van der Waals surface area contributed by atoms with Crippen LogP contribution in [0.2, 0.25) is 0 Å². The van der Waals surface area contributed by atoms with Gasteiger partial charge in [-0.3, -0.25) is 4.79 Å². The van der Waals surface area contributed by atoms with Crippen LogP contribution < -0.4 is 4.74 Å². The second-order valence-electron chi connectivity index (χ2n) is 3.23. The number of Topliss-reactive ketones (excluding diaryl/α,β-unsaturated/α-hetero) is 1. The number of aliphatic carboxylic acids is 1. The molecule has 0 spiro atoms. The molecule has 1 aromatic carbocycles. The third-order valence-corrected chi connectivity index (χ3v) is 1.99. The Kier molecular flexibility index (Phi) is 3.77. The van der Waals surface area contributed by atoms with Crippen molar-refractivity contribution in [3.63, 3.8) is 0 Å². The molecule has 1 rings (SSSR count). The predicted molar refractivity (Wildman–Crippen MR) is 54.3 cm³/mol. The topological polar surface area (TPSA) is 63.6 Å². The van der Waals surface area contributed by atoms with Crippen LogP contribution in [0.4, 0.5) is 8.78 Å². The summed E-state index contributed by atoms with van der Waals surface area (Å²) >= 11 is 0. The second-order valence-corrected chi connectivity index (χ2v) is 3.23. The lowest BCUT2D eigenvalue weighted by molar-refractivity contribution is -0.210. The molecular formula is C11H10F2O4. The third kappa shape index (κ3) is 3.24. The van der Waals surface area contributed by atoms with Gasteiger partial charge in [-0.1, -0.05) is 6.92 Å². The van der Waals surface area contributed by atoms with Crippen molar-refractivity contribution in [3.8, 4) is 5.75 Å². The summed E-state index contributed by atoms with van der Waals surface area (Å²) in [7, 11) is 0. The summed E-state index contributed by atoms with van der Waals surface area (Å²) in [5.41, 5.74) is 0.360. The molecule has 0 aromatic heterocycles. The van der Waals surface area contributed by atoms with Crippen molar-refractivity contribution in [1.82, 2.24) is 0 Å². The van der Waals surface area contributed by atoms with Crippen LogP contribution in [-0.4, -0.2) is 23.0 Å². The molecule has 0 heterocycles. The fourth-order valence-electron chi connectivity index (χ4n) is 1.10. The van der Waals surface area contributed by atoms with E-state index in [4.69, 9.17) is 5.11 Å². The van der Waals surface area contributed by atoms with E-state index < -0.39 is 12.1 Å². The average molecular weight is 244 g/mol. The Bertz CT molecular complexity index is 426. The van der Waals surface area contributed by atoms with E-state index in [1.165, 1.54) is 12.1 Å². The fraction of sp³-hybridized carbons (Fsp3) is 0.273. The number of benzene rings is 1. The number of ether oxygens (including phenoxy) is 1. The highest BCUT2D eigenvalue weighted by Crippen LogP contribution is 2.22. The van der Waals surface area contributed by atoms with Crippen molar-refractivity contribution in [3.05, 3.63) is 29.8 Å². The smallest absolute Gasteiger partial charge is 0.474 e. The predicted octanol–water partition coefficient (Wildman–Crippen LogP) is 2.34. The maximum atomic E-state index is 12.7. The molecule has 0 aliphatic heterocycles. The highest BCUT2D eigenvalue weighted by molar-refractivity contribution is 5.95. The monoisotopic (exact) mass is 244 g/mol. The number of ketones is 1. The van der Waals surface area contributed by atoms with Gasteiger partial charge in [0.1, 0.15) is 5.75 Å². The first-order chi connectivity index (χ1) is 7.86. The molecule has 0 fully saturated rings. The van der Waals surface area contributed by atoms with Crippen LogP contribution in [0.25, 0.3) is 0 Å². The molecule has 1 aromatic rings. The number of hydrogen-bond acceptors (Lipinski definition) is 3. The molecule has 4 nitrogen and oxygen atoms in total. The van der Waals surface area contributed by atoms with Gasteiger partial charge < -0.3 is 9.84 Å². The van der Waals surface area contributed by atoms with E-state index in [1.54, 1.807) is 6.92 Å². The number of carbonyl (C=O) groups is 2. The largest absolute Gasteiger partial charge is 0.501 e. The number of alkyl halides is 2. The zero-order valence-electron chi connectivity index (χ0n) is 8.94. The van der Waals surface area contributed by atoms with Gasteiger partial charge in [0.15, 0.2) is 5.78 Å². The lowest BCUT2D eigenvalue weighted by Crippen LogP contribution is -2.34. The summed E-state index contributed by atoms with van der Waals surface area (Å²) in [6.45, 7) is 1.67. The molecule has 0 aliphatic rings. The molecule has 92 valence electrons. The zero-order valence-corrected chi connectivity index (χ0v) is 8.94. The molecule has 17 heavy (non-hydrogen) atoms. The van der Waals surface area contributed by atoms with Crippen molar-refractivity contribution in [2.75, 3.05) is 0 Å². The number of carbonyl (C=O) groups excluding carboxylic acids is 1. The maximum absolute atomic E-state index is 12.7. The summed E-state index contributed by atoms with van der Waals surface area (Å²) < 4.78 is 29.3. The molecule has 6 heteroatoms. The van der Waals surface area contributed by atoms with E-state index in [9.17, 15) is 18.4 Å². The van der Waals surface area contributed by atoms with E-state index >= 15 is 0 Å². The Morgan fingerprint density at radius 1 is 1.29 bits per heavy atom. The number of rotatable bonds is 5. The summed E-state index contributed by atoms with van der Waals surface area (Å²) in [6.07, 6.45) is -3.98. The fourth-order valence-corrected chi connectivity index (χ4v) is 1.10. The molecule has 0 bridgehead atoms. The summed E-state index contributed by atoms with van der Waals surface area (Å²) in [4.78, 5) is 21.4. The Labute approximate surface area is 95.8 Å². The molecule has 0 amide bonds. The van der Waals surface area contributed by atoms with Crippen LogP contribution in [0.1, 0.15) is 23.7 Å². The Morgan fingerprint density at radius 2 is 1.82 bits per heavy atom. The maximum Gasteiger partial charge on any atom is 0.501 e. The van der Waals surface area contributed by atoms with Gasteiger partial charge in [-0.05, 0) is 24.3 Å². The van der Waals surface area contributed by atoms with Crippen LogP contribution in [0.15, 0.2) is 24.3 Å². The van der Waals surface area contributed by atoms with Gasteiger partial charge in [-0.25, -0.2) is 4.79 Å². The zero-order chi connectivity index (χ0) is 13.1. The normalized spacial score (nSPS) is 11.0. The number of halogens is 2. The first-order valence-corrected chi connectivity index (χ1v) is 4.80. The number of carboxylic acid groups (broad SMARTS) is 1. The minimum absolute atomic E-state index is 0.137. The van der Waals surface area contributed by atoms with E-state index in [-0.39, 0.29) is 11.5 Å². The van der Waals surface area contributed by atoms with E-state index in [1.807, 2.05) is 0 Å². The molecule has 0 saturated heterocycles. The molecule has 1 N–H and O–H groups in total. The second kappa shape index (κ2) is 4.90. The quantitative estimate of drug-likeness (QED) is 0.807. The van der Waals surface area contributed by atoms with Gasteiger partial charge in [0.05, 0.1) is 0 Å². The summed E-state index contributed by atoms with van der Waals surface area (Å²) in [5.74, 6) is -2.82. The molecule has 0 radical (unpaired) electrons. The van der Waals surface area contributed by atoms with Gasteiger partial charge in [0.25, 0.3) is 0 Å². The molecular weight excluding hydrogens is 234 g/mol. The van der Waals surface area contributed by atoms with E-state index in [0.29, 0.717) is 12.0 Å². The van der Waals surface area contributed by atoms with Crippen molar-refractivity contribution >= 4 is 11.8 Å². The van der Waals surface area contributed by atoms with E-state index in [0.717, 1.165) is 12.1 Å². The van der Waals surface area contributed by atoms with Gasteiger partial charge in [0.2, 0.25) is 0 Å². The van der Waals surface area contributed by atoms with E-state index in [2.05, 4.69) is 4.74 Å². The summed E-state index contributed by atoms with van der Waals surface area (Å²) in [6, 6.07) is 4.86. The van der Waals surface area contributed by atoms with Gasteiger partial charge in [-0.2, -0.15) is 8.78 Å². The first kappa shape index (κ1) is 13.1. The minimum atomic E-state index is -4.28. The van der Waals surface area contributed by atoms with Crippen LogP contribution in [-0.2, 0) is 4.79 Å². The molecule has 0 atom stereocenters. The number of hydrogen-bond donors (Lipinski definition) is 1. The number of carboxylic acids is 1. The van der Waals surface area contributed by atoms with Crippen LogP contribution in [0.5, 0.6) is 5.75 Å². The van der Waals surface area contributed by atoms with Crippen molar-refractivity contribution in [2.24, 2.45) is 0 Å². The van der Waals surface area contributed by atoms with Crippen molar-refractivity contribution in [2.45, 2.75) is 19.5 Å². The van der Waals surface area contributed by atoms with Crippen molar-refractivity contribution in [1.29, 1.82) is 0 Å². The highest BCUT2D eigenvalue weighted by Gasteiger charge is 2.42. The van der Waals surface area contributed by atoms with Gasteiger partial charge in [0, 0.05) is 12.0 Å². The first-order valence-electron chi connectivity index (χ1n) is 4.80. The summed E-state index contributed by atoms with van der Waals surface area (Å²) in [5, 5.41) is 8.15. The highest BCUT2D eigenvalue weighted by atomic mass is 19.3. The average Bonchev–Trinajstić information content (AvgIpc) is 2.28. The molecule has 0 unspecified atom stereocenters. The standard InChI is InChI=1S/C11H10F2O4/c1-2-9(14)7-3-5-8(6-4-7)17-11(12,13)10(15)16/h3-6H,2H2,1H3,(H,15,16). The minimum Gasteiger partial charge on any atom is -0.474 e. The Hall–Kier alpha value is -1.98. The lowest BCUT2D eigenvalue weighted by atomic mass is 10.1. The lowest BCUT2D eigenvalue weighted by Gasteiger charge is -2.13. The van der Waals surface area contributed by atoms with Crippen molar-refractivity contribution < 1.29 is 28.2 Å². The third-order valence-electron chi connectivity index (χ3n) is 1.99. The Morgan fingerprint density at radius 3 is 2.24 bits per heavy atom. The van der Waals surface area contributed by atoms with Gasteiger partial charge >= 0.3 is 12.1 Å².